The zero-order valence-corrected chi connectivity index (χ0v) is 14.2. The van der Waals surface area contributed by atoms with Gasteiger partial charge in [-0.25, -0.2) is 0 Å². The summed E-state index contributed by atoms with van der Waals surface area (Å²) in [5.74, 6) is -1.91. The van der Waals surface area contributed by atoms with Gasteiger partial charge in [0.1, 0.15) is 6.04 Å². The molecule has 0 aromatic heterocycles. The second-order valence-corrected chi connectivity index (χ2v) is 6.90. The maximum absolute atomic E-state index is 12.8. The van der Waals surface area contributed by atoms with Crippen LogP contribution in [0.5, 0.6) is 0 Å². The number of nitrogens with zero attached hydrogens (tertiary/aromatic N) is 1. The molecule has 3 N–H and O–H groups in total. The van der Waals surface area contributed by atoms with Gasteiger partial charge in [0.05, 0.1) is 11.1 Å². The zero-order chi connectivity index (χ0) is 18.3. The summed E-state index contributed by atoms with van der Waals surface area (Å²) in [4.78, 5) is 49.7. The summed E-state index contributed by atoms with van der Waals surface area (Å²) in [6, 6.07) is 4.67. The summed E-state index contributed by atoms with van der Waals surface area (Å²) in [5.41, 5.74) is 1.55. The van der Waals surface area contributed by atoms with E-state index in [9.17, 15) is 19.2 Å². The molecule has 3 aliphatic rings. The van der Waals surface area contributed by atoms with E-state index in [0.717, 1.165) is 30.0 Å². The van der Waals surface area contributed by atoms with Gasteiger partial charge < -0.3 is 10.6 Å². The molecule has 1 aromatic carbocycles. The molecule has 1 aromatic rings. The lowest BCUT2D eigenvalue weighted by molar-refractivity contribution is -0.136. The van der Waals surface area contributed by atoms with Crippen molar-refractivity contribution >= 4 is 23.6 Å². The maximum atomic E-state index is 12.8. The summed E-state index contributed by atoms with van der Waals surface area (Å²) in [5, 5.41) is 8.91. The number of carbonyl (C=O) groups is 4. The van der Waals surface area contributed by atoms with E-state index in [-0.39, 0.29) is 18.7 Å². The highest BCUT2D eigenvalue weighted by atomic mass is 16.2. The Morgan fingerprint density at radius 3 is 2.62 bits per heavy atom. The molecule has 0 aliphatic carbocycles. The molecule has 3 heterocycles. The van der Waals surface area contributed by atoms with Gasteiger partial charge >= 0.3 is 0 Å². The molecule has 4 amide bonds. The van der Waals surface area contributed by atoms with Crippen molar-refractivity contribution in [2.75, 3.05) is 13.1 Å². The molecule has 4 rings (SSSR count). The minimum absolute atomic E-state index is 0.119. The fraction of sp³-hybridized carbons (Fsp3) is 0.444. The van der Waals surface area contributed by atoms with E-state index in [1.807, 2.05) is 6.07 Å². The number of carbonyl (C=O) groups excluding carboxylic acids is 4. The first-order valence-electron chi connectivity index (χ1n) is 8.83. The number of hydrogen-bond acceptors (Lipinski definition) is 6. The number of amides is 4. The SMILES string of the molecule is O=C1CCC(N2C(=O)c3ccc(CN[C@H]4CCNC4)cc3C2=O)C(=O)N1. The Balaban J connectivity index is 1.52. The van der Waals surface area contributed by atoms with Gasteiger partial charge in [-0.15, -0.1) is 0 Å². The van der Waals surface area contributed by atoms with Crippen molar-refractivity contribution in [1.82, 2.24) is 20.9 Å². The van der Waals surface area contributed by atoms with Gasteiger partial charge in [-0.1, -0.05) is 6.07 Å². The van der Waals surface area contributed by atoms with Crippen LogP contribution in [-0.2, 0) is 16.1 Å². The Kier molecular flexibility index (Phi) is 4.29. The molecular formula is C18H20N4O4. The minimum atomic E-state index is -0.925. The van der Waals surface area contributed by atoms with Crippen LogP contribution in [0.4, 0.5) is 0 Å². The highest BCUT2D eigenvalue weighted by Crippen LogP contribution is 2.28. The van der Waals surface area contributed by atoms with Crippen LogP contribution in [0.2, 0.25) is 0 Å². The van der Waals surface area contributed by atoms with Gasteiger partial charge in [-0.2, -0.15) is 0 Å². The Morgan fingerprint density at radius 1 is 1.08 bits per heavy atom. The third-order valence-electron chi connectivity index (χ3n) is 5.16. The topological polar surface area (TPSA) is 108 Å². The predicted octanol–water partition coefficient (Wildman–Crippen LogP) is -0.461. The highest BCUT2D eigenvalue weighted by molar-refractivity contribution is 6.23. The lowest BCUT2D eigenvalue weighted by Crippen LogP contribution is -2.54. The first kappa shape index (κ1) is 16.9. The average Bonchev–Trinajstić information content (AvgIpc) is 3.22. The second-order valence-electron chi connectivity index (χ2n) is 6.90. The van der Waals surface area contributed by atoms with Gasteiger partial charge in [-0.3, -0.25) is 29.4 Å². The van der Waals surface area contributed by atoms with Gasteiger partial charge in [0, 0.05) is 25.6 Å². The number of piperidine rings is 1. The van der Waals surface area contributed by atoms with E-state index in [2.05, 4.69) is 16.0 Å². The van der Waals surface area contributed by atoms with Gasteiger partial charge in [0.25, 0.3) is 11.8 Å². The monoisotopic (exact) mass is 356 g/mol. The lowest BCUT2D eigenvalue weighted by Gasteiger charge is -2.27. The van der Waals surface area contributed by atoms with Crippen molar-refractivity contribution in [3.63, 3.8) is 0 Å². The van der Waals surface area contributed by atoms with Crippen LogP contribution in [0.15, 0.2) is 18.2 Å². The smallest absolute Gasteiger partial charge is 0.262 e. The van der Waals surface area contributed by atoms with E-state index < -0.39 is 23.8 Å². The Bertz CT molecular complexity index is 800. The standard InChI is InChI=1S/C18H20N4O4/c23-15-4-3-14(16(24)21-15)22-17(25)12-2-1-10(7-13(12)18(22)26)8-20-11-5-6-19-9-11/h1-2,7,11,14,19-20H,3-6,8-9H2,(H,21,23,24)/t11-,14?/m0/s1. The van der Waals surface area contributed by atoms with Crippen LogP contribution in [0, 0.1) is 0 Å². The van der Waals surface area contributed by atoms with Crippen molar-refractivity contribution in [1.29, 1.82) is 0 Å². The number of hydrogen-bond donors (Lipinski definition) is 3. The third-order valence-corrected chi connectivity index (χ3v) is 5.16. The Morgan fingerprint density at radius 2 is 1.88 bits per heavy atom. The maximum Gasteiger partial charge on any atom is 0.262 e. The van der Waals surface area contributed by atoms with Crippen LogP contribution in [0.25, 0.3) is 0 Å². The summed E-state index contributed by atoms with van der Waals surface area (Å²) in [6.45, 7) is 2.53. The number of imide groups is 2. The molecule has 3 aliphatic heterocycles. The van der Waals surface area contributed by atoms with Crippen LogP contribution >= 0.6 is 0 Å². The molecule has 0 bridgehead atoms. The number of rotatable bonds is 4. The Labute approximate surface area is 150 Å². The van der Waals surface area contributed by atoms with Crippen molar-refractivity contribution in [3.05, 3.63) is 34.9 Å². The van der Waals surface area contributed by atoms with E-state index in [4.69, 9.17) is 0 Å². The molecule has 0 saturated carbocycles. The third kappa shape index (κ3) is 2.91. The molecule has 1 unspecified atom stereocenters. The van der Waals surface area contributed by atoms with Gasteiger partial charge in [-0.05, 0) is 37.1 Å². The quantitative estimate of drug-likeness (QED) is 0.630. The molecule has 2 saturated heterocycles. The van der Waals surface area contributed by atoms with Crippen molar-refractivity contribution < 1.29 is 19.2 Å². The van der Waals surface area contributed by atoms with E-state index >= 15 is 0 Å². The first-order chi connectivity index (χ1) is 12.5. The van der Waals surface area contributed by atoms with E-state index in [1.165, 1.54) is 0 Å². The van der Waals surface area contributed by atoms with Crippen molar-refractivity contribution in [2.45, 2.75) is 37.9 Å². The largest absolute Gasteiger partial charge is 0.315 e. The van der Waals surface area contributed by atoms with Crippen LogP contribution in [0.3, 0.4) is 0 Å². The average molecular weight is 356 g/mol. The summed E-state index contributed by atoms with van der Waals surface area (Å²) in [6.07, 6.45) is 1.35. The number of benzene rings is 1. The highest BCUT2D eigenvalue weighted by Gasteiger charge is 2.44. The zero-order valence-electron chi connectivity index (χ0n) is 14.2. The van der Waals surface area contributed by atoms with Gasteiger partial charge in [0.2, 0.25) is 11.8 Å². The lowest BCUT2D eigenvalue weighted by atomic mass is 10.0. The molecule has 2 atom stereocenters. The molecule has 0 spiro atoms. The minimum Gasteiger partial charge on any atom is -0.315 e. The summed E-state index contributed by atoms with van der Waals surface area (Å²) >= 11 is 0. The molecule has 2 fully saturated rings. The predicted molar refractivity (Wildman–Crippen MR) is 91.2 cm³/mol. The molecule has 0 radical (unpaired) electrons. The first-order valence-corrected chi connectivity index (χ1v) is 8.83. The second kappa shape index (κ2) is 6.62. The molecule has 8 nitrogen and oxygen atoms in total. The molecule has 136 valence electrons. The molecule has 26 heavy (non-hydrogen) atoms. The number of fused-ring (bicyclic) bond motifs is 1. The molecular weight excluding hydrogens is 336 g/mol. The fourth-order valence-electron chi connectivity index (χ4n) is 3.72. The normalized spacial score (nSPS) is 25.6. The van der Waals surface area contributed by atoms with Crippen LogP contribution < -0.4 is 16.0 Å². The summed E-state index contributed by atoms with van der Waals surface area (Å²) in [7, 11) is 0. The van der Waals surface area contributed by atoms with Crippen molar-refractivity contribution in [2.24, 2.45) is 0 Å². The van der Waals surface area contributed by atoms with E-state index in [1.54, 1.807) is 12.1 Å². The summed E-state index contributed by atoms with van der Waals surface area (Å²) < 4.78 is 0. The number of nitrogens with one attached hydrogen (secondary N) is 3. The molecule has 8 heteroatoms. The van der Waals surface area contributed by atoms with E-state index in [0.29, 0.717) is 23.7 Å². The van der Waals surface area contributed by atoms with Crippen molar-refractivity contribution in [3.8, 4) is 0 Å². The van der Waals surface area contributed by atoms with Crippen LogP contribution in [0.1, 0.15) is 45.5 Å². The Hall–Kier alpha value is -2.58. The fourth-order valence-corrected chi connectivity index (χ4v) is 3.72. The van der Waals surface area contributed by atoms with Gasteiger partial charge in [0.15, 0.2) is 0 Å². The van der Waals surface area contributed by atoms with Crippen LogP contribution in [-0.4, -0.2) is 53.7 Å².